The van der Waals surface area contributed by atoms with Crippen LogP contribution in [0.3, 0.4) is 0 Å². The second kappa shape index (κ2) is 10.5. The highest BCUT2D eigenvalue weighted by Crippen LogP contribution is 2.22. The third-order valence-corrected chi connectivity index (χ3v) is 4.46. The number of carbonyl (C=O) groups excluding carboxylic acids is 1. The number of aliphatic imine (C=N–C) groups is 1. The van der Waals surface area contributed by atoms with Gasteiger partial charge in [-0.05, 0) is 38.8 Å². The summed E-state index contributed by atoms with van der Waals surface area (Å²) in [4.78, 5) is 16.9. The lowest BCUT2D eigenvalue weighted by Crippen LogP contribution is -2.36. The normalized spacial score (nSPS) is 11.5. The van der Waals surface area contributed by atoms with Crippen molar-refractivity contribution in [3.05, 3.63) is 53.2 Å². The van der Waals surface area contributed by atoms with Gasteiger partial charge in [-0.25, -0.2) is 4.39 Å². The third-order valence-electron chi connectivity index (χ3n) is 4.46. The van der Waals surface area contributed by atoms with E-state index < -0.39 is 5.91 Å². The molecular formula is C21H25FN6O3. The number of benzene rings is 1. The van der Waals surface area contributed by atoms with Crippen LogP contribution in [-0.4, -0.2) is 47.0 Å². The molecule has 164 valence electrons. The number of nitrogens with one attached hydrogen (secondary N) is 3. The number of halogens is 1. The van der Waals surface area contributed by atoms with Crippen LogP contribution in [-0.2, 0) is 4.74 Å². The van der Waals surface area contributed by atoms with E-state index in [9.17, 15) is 9.18 Å². The highest BCUT2D eigenvalue weighted by Gasteiger charge is 2.16. The van der Waals surface area contributed by atoms with E-state index >= 15 is 0 Å². The van der Waals surface area contributed by atoms with Crippen LogP contribution in [0.5, 0.6) is 0 Å². The SMILES string of the molecule is CCOCCCN=C(NC(=O)c1cnoc1C)Nc1cc(-c2ccc(C)c(F)c2)[nH]n1. The van der Waals surface area contributed by atoms with Gasteiger partial charge in [-0.3, -0.25) is 20.2 Å². The Balaban J connectivity index is 1.73. The number of anilines is 1. The number of nitrogens with zero attached hydrogens (tertiary/aromatic N) is 3. The van der Waals surface area contributed by atoms with Crippen LogP contribution in [0.1, 0.15) is 35.0 Å². The van der Waals surface area contributed by atoms with Gasteiger partial charge < -0.3 is 14.6 Å². The van der Waals surface area contributed by atoms with Crippen LogP contribution in [0.4, 0.5) is 10.2 Å². The molecule has 0 aliphatic heterocycles. The molecule has 0 fully saturated rings. The van der Waals surface area contributed by atoms with Crippen LogP contribution in [0.2, 0.25) is 0 Å². The van der Waals surface area contributed by atoms with Crippen LogP contribution in [0.25, 0.3) is 11.3 Å². The van der Waals surface area contributed by atoms with Crippen molar-refractivity contribution in [3.63, 3.8) is 0 Å². The molecule has 0 aliphatic carbocycles. The van der Waals surface area contributed by atoms with Crippen LogP contribution in [0, 0.1) is 19.7 Å². The number of guanidine groups is 1. The van der Waals surface area contributed by atoms with Crippen LogP contribution < -0.4 is 10.6 Å². The van der Waals surface area contributed by atoms with E-state index in [1.165, 1.54) is 12.3 Å². The Kier molecular flexibility index (Phi) is 7.50. The second-order valence-corrected chi connectivity index (χ2v) is 6.79. The molecule has 9 nitrogen and oxygen atoms in total. The number of rotatable bonds is 8. The fourth-order valence-corrected chi connectivity index (χ4v) is 2.72. The van der Waals surface area contributed by atoms with Crippen molar-refractivity contribution in [3.8, 4) is 11.3 Å². The predicted octanol–water partition coefficient (Wildman–Crippen LogP) is 3.45. The van der Waals surface area contributed by atoms with Gasteiger partial charge in [0.1, 0.15) is 17.1 Å². The summed E-state index contributed by atoms with van der Waals surface area (Å²) in [5.74, 6) is 0.328. The molecule has 0 bridgehead atoms. The zero-order valence-corrected chi connectivity index (χ0v) is 17.7. The van der Waals surface area contributed by atoms with Crippen molar-refractivity contribution < 1.29 is 18.4 Å². The number of H-pyrrole nitrogens is 1. The van der Waals surface area contributed by atoms with Crippen molar-refractivity contribution in [2.45, 2.75) is 27.2 Å². The summed E-state index contributed by atoms with van der Waals surface area (Å²) in [5, 5.41) is 16.4. The molecule has 0 saturated carbocycles. The maximum absolute atomic E-state index is 13.9. The lowest BCUT2D eigenvalue weighted by molar-refractivity contribution is 0.0975. The van der Waals surface area contributed by atoms with Crippen molar-refractivity contribution in [2.75, 3.05) is 25.1 Å². The average molecular weight is 428 g/mol. The maximum Gasteiger partial charge on any atom is 0.263 e. The number of amides is 1. The van der Waals surface area contributed by atoms with Crippen molar-refractivity contribution in [1.29, 1.82) is 0 Å². The van der Waals surface area contributed by atoms with E-state index in [4.69, 9.17) is 9.26 Å². The fourth-order valence-electron chi connectivity index (χ4n) is 2.72. The molecule has 2 heterocycles. The first kappa shape index (κ1) is 22.2. The number of ether oxygens (including phenoxy) is 1. The van der Waals surface area contributed by atoms with E-state index in [0.29, 0.717) is 60.1 Å². The van der Waals surface area contributed by atoms with Gasteiger partial charge >= 0.3 is 0 Å². The molecule has 0 saturated heterocycles. The quantitative estimate of drug-likeness (QED) is 0.287. The average Bonchev–Trinajstić information content (AvgIpc) is 3.38. The summed E-state index contributed by atoms with van der Waals surface area (Å²) in [6.07, 6.45) is 2.03. The van der Waals surface area contributed by atoms with Gasteiger partial charge in [0.2, 0.25) is 5.96 Å². The summed E-state index contributed by atoms with van der Waals surface area (Å²) in [6.45, 7) is 6.91. The zero-order valence-electron chi connectivity index (χ0n) is 17.7. The Hall–Kier alpha value is -3.53. The van der Waals surface area contributed by atoms with Gasteiger partial charge in [-0.15, -0.1) is 0 Å². The minimum Gasteiger partial charge on any atom is -0.382 e. The molecule has 1 aromatic carbocycles. The topological polar surface area (TPSA) is 117 Å². The Morgan fingerprint density at radius 2 is 2.16 bits per heavy atom. The first-order chi connectivity index (χ1) is 15.0. The molecule has 3 rings (SSSR count). The lowest BCUT2D eigenvalue weighted by atomic mass is 10.1. The van der Waals surface area contributed by atoms with E-state index in [1.807, 2.05) is 6.92 Å². The summed E-state index contributed by atoms with van der Waals surface area (Å²) < 4.78 is 24.1. The number of carbonyl (C=O) groups is 1. The summed E-state index contributed by atoms with van der Waals surface area (Å²) in [6, 6.07) is 6.64. The van der Waals surface area contributed by atoms with Crippen molar-refractivity contribution in [2.24, 2.45) is 4.99 Å². The first-order valence-electron chi connectivity index (χ1n) is 9.91. The first-order valence-corrected chi connectivity index (χ1v) is 9.91. The molecule has 0 aliphatic rings. The Labute approximate surface area is 179 Å². The summed E-state index contributed by atoms with van der Waals surface area (Å²) in [5.41, 5.74) is 2.15. The van der Waals surface area contributed by atoms with E-state index in [2.05, 4.69) is 31.0 Å². The number of aromatic nitrogens is 3. The molecule has 0 spiro atoms. The van der Waals surface area contributed by atoms with E-state index in [-0.39, 0.29) is 11.8 Å². The fraction of sp³-hybridized carbons (Fsp3) is 0.333. The minimum atomic E-state index is -0.411. The molecule has 3 N–H and O–H groups in total. The Bertz CT molecular complexity index is 1060. The third kappa shape index (κ3) is 5.98. The van der Waals surface area contributed by atoms with Gasteiger partial charge in [-0.2, -0.15) is 5.10 Å². The molecule has 3 aromatic rings. The largest absolute Gasteiger partial charge is 0.382 e. The molecule has 0 atom stereocenters. The molecule has 31 heavy (non-hydrogen) atoms. The highest BCUT2D eigenvalue weighted by molar-refractivity contribution is 6.10. The molecule has 2 aromatic heterocycles. The zero-order chi connectivity index (χ0) is 22.2. The van der Waals surface area contributed by atoms with Gasteiger partial charge in [-0.1, -0.05) is 17.3 Å². The van der Waals surface area contributed by atoms with Gasteiger partial charge in [0.15, 0.2) is 5.82 Å². The number of hydrogen-bond acceptors (Lipinski definition) is 6. The molecule has 0 radical (unpaired) electrons. The van der Waals surface area contributed by atoms with Crippen molar-refractivity contribution in [1.82, 2.24) is 20.7 Å². The summed E-state index contributed by atoms with van der Waals surface area (Å²) in [7, 11) is 0. The Morgan fingerprint density at radius 3 is 2.87 bits per heavy atom. The predicted molar refractivity (Wildman–Crippen MR) is 114 cm³/mol. The van der Waals surface area contributed by atoms with Gasteiger partial charge in [0.25, 0.3) is 5.91 Å². The monoisotopic (exact) mass is 428 g/mol. The number of aromatic amines is 1. The second-order valence-electron chi connectivity index (χ2n) is 6.79. The highest BCUT2D eigenvalue weighted by atomic mass is 19.1. The number of hydrogen-bond donors (Lipinski definition) is 3. The summed E-state index contributed by atoms with van der Waals surface area (Å²) >= 11 is 0. The maximum atomic E-state index is 13.9. The molecule has 10 heteroatoms. The van der Waals surface area contributed by atoms with Gasteiger partial charge in [0, 0.05) is 31.4 Å². The minimum absolute atomic E-state index is 0.218. The number of aryl methyl sites for hydroxylation is 2. The van der Waals surface area contributed by atoms with Crippen LogP contribution in [0.15, 0.2) is 40.0 Å². The van der Waals surface area contributed by atoms with Gasteiger partial charge in [0.05, 0.1) is 11.9 Å². The van der Waals surface area contributed by atoms with E-state index in [0.717, 1.165) is 0 Å². The molecule has 0 unspecified atom stereocenters. The van der Waals surface area contributed by atoms with Crippen molar-refractivity contribution >= 4 is 17.7 Å². The molecule has 1 amide bonds. The molecular weight excluding hydrogens is 403 g/mol. The standard InChI is InChI=1S/C21H25FN6O3/c1-4-30-9-5-8-23-21(26-20(29)16-12-24-31-14(16)3)25-19-11-18(27-28-19)15-7-6-13(2)17(22)10-15/h6-7,10-12H,4-5,8-9H2,1-3H3,(H3,23,25,26,27,28,29). The smallest absolute Gasteiger partial charge is 0.263 e. The Morgan fingerprint density at radius 1 is 1.32 bits per heavy atom. The lowest BCUT2D eigenvalue weighted by Gasteiger charge is -2.09. The van der Waals surface area contributed by atoms with Crippen LogP contribution >= 0.6 is 0 Å². The van der Waals surface area contributed by atoms with E-state index in [1.54, 1.807) is 32.0 Å².